The van der Waals surface area contributed by atoms with Crippen LogP contribution in [-0.2, 0) is 25.7 Å². The van der Waals surface area contributed by atoms with E-state index >= 15 is 0 Å². The van der Waals surface area contributed by atoms with Crippen LogP contribution < -0.4 is 0 Å². The first-order valence-corrected chi connectivity index (χ1v) is 10.5. The second kappa shape index (κ2) is 11.6. The summed E-state index contributed by atoms with van der Waals surface area (Å²) in [6.07, 6.45) is 13.9. The zero-order valence-electron chi connectivity index (χ0n) is 16.9. The molecule has 0 aliphatic heterocycles. The Morgan fingerprint density at radius 1 is 0.542 bits per heavy atom. The van der Waals surface area contributed by atoms with Crippen molar-refractivity contribution in [1.29, 1.82) is 0 Å². The summed E-state index contributed by atoms with van der Waals surface area (Å²) in [6.45, 7) is 11.3. The highest BCUT2D eigenvalue weighted by molar-refractivity contribution is 5.55. The molecule has 0 saturated carbocycles. The van der Waals surface area contributed by atoms with Gasteiger partial charge in [0, 0.05) is 0 Å². The summed E-state index contributed by atoms with van der Waals surface area (Å²) in [7, 11) is 0. The summed E-state index contributed by atoms with van der Waals surface area (Å²) >= 11 is 0. The van der Waals surface area contributed by atoms with Gasteiger partial charge in [0.1, 0.15) is 5.75 Å². The largest absolute Gasteiger partial charge is 0.507 e. The van der Waals surface area contributed by atoms with Gasteiger partial charge in [0.15, 0.2) is 0 Å². The summed E-state index contributed by atoms with van der Waals surface area (Å²) in [4.78, 5) is 0. The lowest BCUT2D eigenvalue weighted by Gasteiger charge is -2.23. The first-order valence-electron chi connectivity index (χ1n) is 10.5. The van der Waals surface area contributed by atoms with Crippen LogP contribution in [0.3, 0.4) is 0 Å². The molecule has 0 radical (unpaired) electrons. The number of unbranched alkanes of at least 4 members (excludes halogenated alkanes) is 4. The molecule has 138 valence electrons. The summed E-state index contributed by atoms with van der Waals surface area (Å²) in [5.41, 5.74) is 6.97. The van der Waals surface area contributed by atoms with E-state index in [0.29, 0.717) is 5.75 Å². The third kappa shape index (κ3) is 5.53. The van der Waals surface area contributed by atoms with E-state index in [4.69, 9.17) is 0 Å². The highest BCUT2D eigenvalue weighted by Crippen LogP contribution is 2.37. The van der Waals surface area contributed by atoms with E-state index < -0.39 is 0 Å². The Labute approximate surface area is 150 Å². The van der Waals surface area contributed by atoms with Gasteiger partial charge in [-0.05, 0) is 86.1 Å². The van der Waals surface area contributed by atoms with Crippen LogP contribution in [0.5, 0.6) is 5.75 Å². The van der Waals surface area contributed by atoms with Gasteiger partial charge in [-0.1, -0.05) is 53.4 Å². The van der Waals surface area contributed by atoms with Gasteiger partial charge in [0.05, 0.1) is 0 Å². The predicted molar refractivity (Wildman–Crippen MR) is 107 cm³/mol. The van der Waals surface area contributed by atoms with Crippen LogP contribution in [0.4, 0.5) is 0 Å². The van der Waals surface area contributed by atoms with Crippen LogP contribution in [0.15, 0.2) is 0 Å². The van der Waals surface area contributed by atoms with Crippen molar-refractivity contribution in [3.05, 3.63) is 27.8 Å². The van der Waals surface area contributed by atoms with Gasteiger partial charge in [0.25, 0.3) is 0 Å². The fraction of sp³-hybridized carbons (Fsp3) is 0.739. The van der Waals surface area contributed by atoms with Crippen LogP contribution >= 0.6 is 0 Å². The van der Waals surface area contributed by atoms with Crippen molar-refractivity contribution in [3.8, 4) is 5.75 Å². The van der Waals surface area contributed by atoms with Gasteiger partial charge in [-0.3, -0.25) is 0 Å². The number of phenols is 1. The second-order valence-electron chi connectivity index (χ2n) is 7.30. The summed E-state index contributed by atoms with van der Waals surface area (Å²) in [5.74, 6) is 0.653. The van der Waals surface area contributed by atoms with Crippen LogP contribution in [0, 0.1) is 6.92 Å². The third-order valence-electron chi connectivity index (χ3n) is 5.33. The van der Waals surface area contributed by atoms with Crippen LogP contribution in [0.1, 0.15) is 107 Å². The minimum atomic E-state index is 0.653. The molecule has 0 heterocycles. The van der Waals surface area contributed by atoms with Gasteiger partial charge in [-0.25, -0.2) is 0 Å². The Morgan fingerprint density at radius 2 is 0.833 bits per heavy atom. The molecule has 0 aliphatic carbocycles. The molecule has 0 unspecified atom stereocenters. The zero-order chi connectivity index (χ0) is 17.9. The molecule has 0 saturated heterocycles. The molecule has 0 aromatic heterocycles. The van der Waals surface area contributed by atoms with Crippen molar-refractivity contribution in [3.63, 3.8) is 0 Å². The van der Waals surface area contributed by atoms with Gasteiger partial charge in [-0.2, -0.15) is 0 Å². The van der Waals surface area contributed by atoms with Gasteiger partial charge in [0.2, 0.25) is 0 Å². The molecule has 0 spiro atoms. The average molecular weight is 333 g/mol. The van der Waals surface area contributed by atoms with E-state index in [-0.39, 0.29) is 0 Å². The summed E-state index contributed by atoms with van der Waals surface area (Å²) < 4.78 is 0. The molecule has 1 N–H and O–H groups in total. The Bertz CT molecular complexity index is 401. The third-order valence-corrected chi connectivity index (χ3v) is 5.33. The first-order chi connectivity index (χ1) is 11.6. The number of phenolic OH excluding ortho intramolecular Hbond substituents is 1. The molecule has 1 aromatic rings. The normalized spacial score (nSPS) is 11.2. The lowest BCUT2D eigenvalue weighted by atomic mass is 9.83. The molecule has 1 nitrogen and oxygen atoms in total. The second-order valence-corrected chi connectivity index (χ2v) is 7.30. The molecule has 24 heavy (non-hydrogen) atoms. The number of benzene rings is 1. The first kappa shape index (κ1) is 21.1. The standard InChI is InChI=1S/C23H40O/c1-6-10-14-19-18(5)20(15-11-7-2)22(17-13-9-4)23(24)21(19)16-12-8-3/h24H,6-17H2,1-5H3. The smallest absolute Gasteiger partial charge is 0.122 e. The average Bonchev–Trinajstić information content (AvgIpc) is 2.59. The number of hydrogen-bond acceptors (Lipinski definition) is 1. The van der Waals surface area contributed by atoms with Crippen molar-refractivity contribution >= 4 is 0 Å². The maximum Gasteiger partial charge on any atom is 0.122 e. The van der Waals surface area contributed by atoms with E-state index in [1.54, 1.807) is 0 Å². The van der Waals surface area contributed by atoms with E-state index in [1.807, 2.05) is 0 Å². The van der Waals surface area contributed by atoms with Gasteiger partial charge < -0.3 is 5.11 Å². The molecule has 1 rings (SSSR count). The molecule has 1 heteroatoms. The molecule has 0 amide bonds. The van der Waals surface area contributed by atoms with E-state index in [9.17, 15) is 5.11 Å². The zero-order valence-corrected chi connectivity index (χ0v) is 16.9. The number of hydrogen-bond donors (Lipinski definition) is 1. The lowest BCUT2D eigenvalue weighted by molar-refractivity contribution is 0.455. The van der Waals surface area contributed by atoms with E-state index in [2.05, 4.69) is 34.6 Å². The fourth-order valence-corrected chi connectivity index (χ4v) is 3.73. The molecule has 0 atom stereocenters. The summed E-state index contributed by atoms with van der Waals surface area (Å²) in [6, 6.07) is 0. The maximum atomic E-state index is 11.1. The Balaban J connectivity index is 3.39. The minimum absolute atomic E-state index is 0.653. The Kier molecular flexibility index (Phi) is 10.1. The van der Waals surface area contributed by atoms with Crippen molar-refractivity contribution in [2.24, 2.45) is 0 Å². The number of rotatable bonds is 12. The summed E-state index contributed by atoms with van der Waals surface area (Å²) in [5, 5.41) is 11.1. The number of aromatic hydroxyl groups is 1. The molecule has 0 bridgehead atoms. The molecule has 0 fully saturated rings. The lowest BCUT2D eigenvalue weighted by Crippen LogP contribution is -2.08. The highest BCUT2D eigenvalue weighted by Gasteiger charge is 2.20. The topological polar surface area (TPSA) is 20.2 Å². The fourth-order valence-electron chi connectivity index (χ4n) is 3.73. The van der Waals surface area contributed by atoms with Crippen LogP contribution in [0.2, 0.25) is 0 Å². The van der Waals surface area contributed by atoms with Gasteiger partial charge in [-0.15, -0.1) is 0 Å². The van der Waals surface area contributed by atoms with Crippen LogP contribution in [-0.4, -0.2) is 5.11 Å². The molecular weight excluding hydrogens is 292 g/mol. The maximum absolute atomic E-state index is 11.1. The minimum Gasteiger partial charge on any atom is -0.507 e. The van der Waals surface area contributed by atoms with E-state index in [1.165, 1.54) is 79.2 Å². The molecule has 1 aromatic carbocycles. The monoisotopic (exact) mass is 332 g/mol. The van der Waals surface area contributed by atoms with Crippen molar-refractivity contribution in [2.75, 3.05) is 0 Å². The quantitative estimate of drug-likeness (QED) is 0.434. The van der Waals surface area contributed by atoms with Crippen molar-refractivity contribution in [1.82, 2.24) is 0 Å². The van der Waals surface area contributed by atoms with Gasteiger partial charge >= 0.3 is 0 Å². The Hall–Kier alpha value is -0.980. The SMILES string of the molecule is CCCCc1c(C)c(CCCC)c(CCCC)c(O)c1CCCC. The highest BCUT2D eigenvalue weighted by atomic mass is 16.3. The Morgan fingerprint density at radius 3 is 1.12 bits per heavy atom. The van der Waals surface area contributed by atoms with E-state index in [0.717, 1.165) is 25.7 Å². The molecular formula is C23H40O. The van der Waals surface area contributed by atoms with Crippen LogP contribution in [0.25, 0.3) is 0 Å². The van der Waals surface area contributed by atoms with Crippen molar-refractivity contribution < 1.29 is 5.11 Å². The molecule has 0 aliphatic rings. The predicted octanol–water partition coefficient (Wildman–Crippen LogP) is 7.07. The van der Waals surface area contributed by atoms with Crippen molar-refractivity contribution in [2.45, 2.75) is 112 Å².